The summed E-state index contributed by atoms with van der Waals surface area (Å²) >= 11 is 12.0. The number of halogens is 2. The second-order valence-corrected chi connectivity index (χ2v) is 7.11. The third-order valence-electron chi connectivity index (χ3n) is 4.58. The smallest absolute Gasteiger partial charge is 0.294 e. The third-order valence-corrected chi connectivity index (χ3v) is 5.09. The molecule has 1 amide bonds. The molecule has 1 aliphatic heterocycles. The number of aliphatic hydroxyl groups is 1. The molecule has 0 radical (unpaired) electrons. The van der Waals surface area contributed by atoms with Crippen LogP contribution in [0.3, 0.4) is 0 Å². The Hall–Kier alpha value is -2.75. The molecule has 1 heterocycles. The summed E-state index contributed by atoms with van der Waals surface area (Å²) in [6, 6.07) is 23.2. The molecule has 0 saturated heterocycles. The van der Waals surface area contributed by atoms with Crippen LogP contribution >= 0.6 is 23.2 Å². The van der Waals surface area contributed by atoms with Crippen molar-refractivity contribution in [1.82, 2.24) is 0 Å². The molecule has 134 valence electrons. The van der Waals surface area contributed by atoms with Gasteiger partial charge in [0.05, 0.1) is 6.04 Å². The predicted molar refractivity (Wildman–Crippen MR) is 109 cm³/mol. The highest BCUT2D eigenvalue weighted by molar-refractivity contribution is 6.31. The van der Waals surface area contributed by atoms with Crippen molar-refractivity contribution in [2.75, 3.05) is 4.90 Å². The molecular formula is C22H15Cl2NO2. The van der Waals surface area contributed by atoms with E-state index in [1.165, 1.54) is 0 Å². The molecule has 3 nitrogen and oxygen atoms in total. The van der Waals surface area contributed by atoms with Crippen molar-refractivity contribution in [3.8, 4) is 0 Å². The van der Waals surface area contributed by atoms with Gasteiger partial charge in [0.25, 0.3) is 5.91 Å². The fourth-order valence-corrected chi connectivity index (χ4v) is 3.60. The SMILES string of the molecule is O=C1C(O)=C(c2ccccc2)C(c2ccc(Cl)cc2)N1c1ccc(Cl)cc1. The molecule has 0 spiro atoms. The number of amides is 1. The molecule has 5 heteroatoms. The van der Waals surface area contributed by atoms with Crippen LogP contribution in [0.2, 0.25) is 10.0 Å². The van der Waals surface area contributed by atoms with Gasteiger partial charge in [0.2, 0.25) is 0 Å². The van der Waals surface area contributed by atoms with Crippen LogP contribution in [0.1, 0.15) is 17.2 Å². The maximum absolute atomic E-state index is 13.0. The minimum Gasteiger partial charge on any atom is -0.503 e. The van der Waals surface area contributed by atoms with Crippen molar-refractivity contribution in [3.05, 3.63) is 106 Å². The monoisotopic (exact) mass is 395 g/mol. The van der Waals surface area contributed by atoms with Crippen LogP contribution in [-0.2, 0) is 4.79 Å². The molecule has 4 rings (SSSR count). The van der Waals surface area contributed by atoms with Gasteiger partial charge in [0, 0.05) is 21.3 Å². The summed E-state index contributed by atoms with van der Waals surface area (Å²) in [7, 11) is 0. The Morgan fingerprint density at radius 2 is 1.33 bits per heavy atom. The second-order valence-electron chi connectivity index (χ2n) is 6.23. The van der Waals surface area contributed by atoms with Crippen molar-refractivity contribution in [1.29, 1.82) is 0 Å². The fourth-order valence-electron chi connectivity index (χ4n) is 3.35. The number of aliphatic hydroxyl groups excluding tert-OH is 1. The van der Waals surface area contributed by atoms with Gasteiger partial charge >= 0.3 is 0 Å². The van der Waals surface area contributed by atoms with Crippen molar-refractivity contribution in [2.45, 2.75) is 6.04 Å². The summed E-state index contributed by atoms with van der Waals surface area (Å²) < 4.78 is 0. The van der Waals surface area contributed by atoms with Crippen molar-refractivity contribution >= 4 is 40.4 Å². The predicted octanol–water partition coefficient (Wildman–Crippen LogP) is 6.05. The number of hydrogen-bond donors (Lipinski definition) is 1. The Bertz CT molecular complexity index is 1010. The molecule has 0 saturated carbocycles. The number of hydrogen-bond acceptors (Lipinski definition) is 2. The molecule has 1 unspecified atom stereocenters. The fraction of sp³-hybridized carbons (Fsp3) is 0.0455. The molecule has 1 N–H and O–H groups in total. The van der Waals surface area contributed by atoms with Gasteiger partial charge in [-0.3, -0.25) is 9.69 Å². The van der Waals surface area contributed by atoms with Gasteiger partial charge in [0.1, 0.15) is 0 Å². The van der Waals surface area contributed by atoms with E-state index < -0.39 is 11.9 Å². The van der Waals surface area contributed by atoms with E-state index in [1.54, 1.807) is 41.3 Å². The Morgan fingerprint density at radius 1 is 0.778 bits per heavy atom. The van der Waals surface area contributed by atoms with Gasteiger partial charge in [0.15, 0.2) is 5.76 Å². The lowest BCUT2D eigenvalue weighted by Crippen LogP contribution is -2.30. The minimum atomic E-state index is -0.474. The first kappa shape index (κ1) is 17.7. The van der Waals surface area contributed by atoms with E-state index in [4.69, 9.17) is 23.2 Å². The summed E-state index contributed by atoms with van der Waals surface area (Å²) in [5.41, 5.74) is 2.87. The first-order valence-electron chi connectivity index (χ1n) is 8.39. The maximum Gasteiger partial charge on any atom is 0.294 e. The lowest BCUT2D eigenvalue weighted by atomic mass is 9.93. The van der Waals surface area contributed by atoms with E-state index in [0.29, 0.717) is 21.3 Å². The molecule has 0 fully saturated rings. The normalized spacial score (nSPS) is 16.9. The number of rotatable bonds is 3. The zero-order chi connectivity index (χ0) is 19.0. The standard InChI is InChI=1S/C22H15Cl2NO2/c23-16-8-6-15(7-9-16)20-19(14-4-2-1-3-5-14)21(26)22(27)25(20)18-12-10-17(24)11-13-18/h1-13,20,26H. The van der Waals surface area contributed by atoms with Crippen LogP contribution in [0.25, 0.3) is 5.57 Å². The van der Waals surface area contributed by atoms with Gasteiger partial charge in [-0.05, 0) is 47.5 Å². The van der Waals surface area contributed by atoms with Gasteiger partial charge < -0.3 is 5.11 Å². The third kappa shape index (κ3) is 3.20. The average Bonchev–Trinajstić information content (AvgIpc) is 2.95. The van der Waals surface area contributed by atoms with Crippen LogP contribution in [0.5, 0.6) is 0 Å². The Labute approximate surface area is 167 Å². The minimum absolute atomic E-state index is 0.254. The summed E-state index contributed by atoms with van der Waals surface area (Å²) in [6.07, 6.45) is 0. The second kappa shape index (κ2) is 7.10. The Balaban J connectivity index is 1.90. The molecule has 1 aliphatic rings. The van der Waals surface area contributed by atoms with Crippen molar-refractivity contribution < 1.29 is 9.90 Å². The van der Waals surface area contributed by atoms with E-state index in [2.05, 4.69) is 0 Å². The largest absolute Gasteiger partial charge is 0.503 e. The van der Waals surface area contributed by atoms with Gasteiger partial charge in [-0.25, -0.2) is 0 Å². The maximum atomic E-state index is 13.0. The zero-order valence-electron chi connectivity index (χ0n) is 14.1. The van der Waals surface area contributed by atoms with Crippen LogP contribution in [0.4, 0.5) is 5.69 Å². The van der Waals surface area contributed by atoms with Crippen molar-refractivity contribution in [2.24, 2.45) is 0 Å². The van der Waals surface area contributed by atoms with Gasteiger partial charge in [-0.1, -0.05) is 65.7 Å². The topological polar surface area (TPSA) is 40.5 Å². The lowest BCUT2D eigenvalue weighted by molar-refractivity contribution is -0.117. The molecule has 27 heavy (non-hydrogen) atoms. The van der Waals surface area contributed by atoms with Gasteiger partial charge in [-0.15, -0.1) is 0 Å². The number of benzene rings is 3. The summed E-state index contributed by atoms with van der Waals surface area (Å²) in [6.45, 7) is 0. The van der Waals surface area contributed by atoms with E-state index in [-0.39, 0.29) is 5.76 Å². The summed E-state index contributed by atoms with van der Waals surface area (Å²) in [5.74, 6) is -0.702. The van der Waals surface area contributed by atoms with Crippen molar-refractivity contribution in [3.63, 3.8) is 0 Å². The first-order valence-corrected chi connectivity index (χ1v) is 9.15. The molecule has 3 aromatic carbocycles. The summed E-state index contributed by atoms with van der Waals surface area (Å²) in [4.78, 5) is 14.6. The average molecular weight is 396 g/mol. The highest BCUT2D eigenvalue weighted by atomic mass is 35.5. The number of carbonyl (C=O) groups excluding carboxylic acids is 1. The van der Waals surface area contributed by atoms with E-state index >= 15 is 0 Å². The quantitative estimate of drug-likeness (QED) is 0.586. The number of carbonyl (C=O) groups is 1. The molecule has 0 aromatic heterocycles. The van der Waals surface area contributed by atoms with E-state index in [1.807, 2.05) is 42.5 Å². The van der Waals surface area contributed by atoms with Crippen LogP contribution in [0, 0.1) is 0 Å². The zero-order valence-corrected chi connectivity index (χ0v) is 15.7. The Morgan fingerprint density at radius 3 is 1.93 bits per heavy atom. The molecule has 1 atom stereocenters. The first-order chi connectivity index (χ1) is 13.1. The number of anilines is 1. The molecule has 3 aromatic rings. The van der Waals surface area contributed by atoms with E-state index in [0.717, 1.165) is 11.1 Å². The number of nitrogens with zero attached hydrogens (tertiary/aromatic N) is 1. The lowest BCUT2D eigenvalue weighted by Gasteiger charge is -2.27. The highest BCUT2D eigenvalue weighted by Gasteiger charge is 2.41. The Kier molecular flexibility index (Phi) is 4.65. The molecule has 0 aliphatic carbocycles. The molecular weight excluding hydrogens is 381 g/mol. The van der Waals surface area contributed by atoms with Gasteiger partial charge in [-0.2, -0.15) is 0 Å². The van der Waals surface area contributed by atoms with Crippen LogP contribution in [0.15, 0.2) is 84.6 Å². The van der Waals surface area contributed by atoms with E-state index in [9.17, 15) is 9.90 Å². The summed E-state index contributed by atoms with van der Waals surface area (Å²) in [5, 5.41) is 11.9. The molecule has 0 bridgehead atoms. The van der Waals surface area contributed by atoms with Crippen LogP contribution < -0.4 is 4.90 Å². The highest BCUT2D eigenvalue weighted by Crippen LogP contribution is 2.45. The van der Waals surface area contributed by atoms with Crippen LogP contribution in [-0.4, -0.2) is 11.0 Å².